The molecule has 6 nitrogen and oxygen atoms in total. The van der Waals surface area contributed by atoms with Crippen molar-refractivity contribution in [2.24, 2.45) is 0 Å². The van der Waals surface area contributed by atoms with Crippen molar-refractivity contribution in [3.63, 3.8) is 0 Å². The molecule has 142 valence electrons. The maximum absolute atomic E-state index is 13.9. The maximum Gasteiger partial charge on any atom is 0.431 e. The summed E-state index contributed by atoms with van der Waals surface area (Å²) in [5.74, 6) is 0.0792. The van der Waals surface area contributed by atoms with Gasteiger partial charge in [-0.05, 0) is 17.5 Å². The van der Waals surface area contributed by atoms with Crippen LogP contribution in [0.3, 0.4) is 0 Å². The second-order valence-electron chi connectivity index (χ2n) is 6.00. The molecule has 2 aromatic heterocycles. The van der Waals surface area contributed by atoms with Crippen molar-refractivity contribution >= 4 is 21.7 Å². The van der Waals surface area contributed by atoms with Crippen LogP contribution in [0, 0.1) is 0 Å². The van der Waals surface area contributed by atoms with Gasteiger partial charge in [0.15, 0.2) is 0 Å². The molecule has 4 rings (SSSR count). The van der Waals surface area contributed by atoms with Crippen LogP contribution in [-0.2, 0) is 6.18 Å². The van der Waals surface area contributed by atoms with Crippen molar-refractivity contribution < 1.29 is 17.9 Å². The van der Waals surface area contributed by atoms with E-state index in [1.165, 1.54) is 13.2 Å². The zero-order valence-corrected chi connectivity index (χ0v) is 14.4. The van der Waals surface area contributed by atoms with E-state index in [0.717, 1.165) is 6.33 Å². The van der Waals surface area contributed by atoms with E-state index in [2.05, 4.69) is 9.97 Å². The standard InChI is InChI=1S/C19H12F3N3O3/c1-28-13-7-6-10-4-2-3-5-11(10)16(13)25-14(19(20,21)22)8-12-15(18(25)27)23-9-24-17(12)26/h2-9H,1H3,(H,23,24,26). The molecule has 1 N–H and O–H groups in total. The Morgan fingerprint density at radius 2 is 1.82 bits per heavy atom. The van der Waals surface area contributed by atoms with Crippen molar-refractivity contribution in [1.82, 2.24) is 14.5 Å². The second kappa shape index (κ2) is 6.22. The Bertz CT molecular complexity index is 1340. The Kier molecular flexibility index (Phi) is 3.95. The van der Waals surface area contributed by atoms with E-state index in [-0.39, 0.29) is 17.0 Å². The summed E-state index contributed by atoms with van der Waals surface area (Å²) in [4.78, 5) is 31.0. The number of hydrogen-bond donors (Lipinski definition) is 1. The lowest BCUT2D eigenvalue weighted by molar-refractivity contribution is -0.142. The van der Waals surface area contributed by atoms with Crippen molar-refractivity contribution in [2.45, 2.75) is 6.18 Å². The zero-order valence-electron chi connectivity index (χ0n) is 14.4. The topological polar surface area (TPSA) is 77.0 Å². The van der Waals surface area contributed by atoms with Crippen LogP contribution in [0.25, 0.3) is 27.4 Å². The molecule has 2 aromatic carbocycles. The number of nitrogens with zero attached hydrogens (tertiary/aromatic N) is 2. The molecule has 0 saturated carbocycles. The van der Waals surface area contributed by atoms with Crippen LogP contribution >= 0.6 is 0 Å². The van der Waals surface area contributed by atoms with Crippen LogP contribution in [-0.4, -0.2) is 21.6 Å². The third kappa shape index (κ3) is 2.63. The number of halogens is 3. The van der Waals surface area contributed by atoms with Gasteiger partial charge in [-0.3, -0.25) is 14.2 Å². The van der Waals surface area contributed by atoms with Gasteiger partial charge in [0.2, 0.25) is 0 Å². The molecule has 2 heterocycles. The number of nitrogens with one attached hydrogen (secondary N) is 1. The van der Waals surface area contributed by atoms with Gasteiger partial charge < -0.3 is 9.72 Å². The van der Waals surface area contributed by atoms with E-state index in [4.69, 9.17) is 4.74 Å². The second-order valence-corrected chi connectivity index (χ2v) is 6.00. The average Bonchev–Trinajstić information content (AvgIpc) is 2.67. The lowest BCUT2D eigenvalue weighted by Gasteiger charge is -2.19. The van der Waals surface area contributed by atoms with Gasteiger partial charge >= 0.3 is 6.18 Å². The molecule has 9 heteroatoms. The average molecular weight is 387 g/mol. The highest BCUT2D eigenvalue weighted by Crippen LogP contribution is 2.36. The van der Waals surface area contributed by atoms with Crippen LogP contribution in [0.5, 0.6) is 5.75 Å². The molecule has 0 spiro atoms. The summed E-state index contributed by atoms with van der Waals surface area (Å²) in [5, 5.41) is 0.575. The molecule has 0 aliphatic rings. The van der Waals surface area contributed by atoms with Gasteiger partial charge in [-0.1, -0.05) is 30.3 Å². The highest BCUT2D eigenvalue weighted by molar-refractivity contribution is 5.93. The number of hydrogen-bond acceptors (Lipinski definition) is 4. The Hall–Kier alpha value is -3.62. The fourth-order valence-corrected chi connectivity index (χ4v) is 3.19. The fourth-order valence-electron chi connectivity index (χ4n) is 3.19. The molecule has 0 fully saturated rings. The number of rotatable bonds is 2. The van der Waals surface area contributed by atoms with Gasteiger partial charge in [0.1, 0.15) is 17.0 Å². The normalized spacial score (nSPS) is 11.9. The first-order valence-corrected chi connectivity index (χ1v) is 8.09. The van der Waals surface area contributed by atoms with Crippen LogP contribution in [0.1, 0.15) is 5.69 Å². The summed E-state index contributed by atoms with van der Waals surface area (Å²) in [5.41, 5.74) is -3.62. The Balaban J connectivity index is 2.28. The summed E-state index contributed by atoms with van der Waals surface area (Å²) in [6.07, 6.45) is -3.93. The number of fused-ring (bicyclic) bond motifs is 2. The number of aromatic amines is 1. The Morgan fingerprint density at radius 1 is 1.07 bits per heavy atom. The van der Waals surface area contributed by atoms with E-state index in [1.54, 1.807) is 30.3 Å². The number of aromatic nitrogens is 3. The van der Waals surface area contributed by atoms with E-state index in [0.29, 0.717) is 21.4 Å². The molecule has 0 unspecified atom stereocenters. The largest absolute Gasteiger partial charge is 0.495 e. The Labute approximate surface area is 154 Å². The summed E-state index contributed by atoms with van der Waals surface area (Å²) < 4.78 is 47.4. The molecule has 0 saturated heterocycles. The SMILES string of the molecule is COc1ccc2ccccc2c1-n1c(C(F)(F)F)cc2c(=O)[nH]cnc2c1=O. The quantitative estimate of drug-likeness (QED) is 0.573. The fraction of sp³-hybridized carbons (Fsp3) is 0.105. The molecule has 0 radical (unpaired) electrons. The van der Waals surface area contributed by atoms with Gasteiger partial charge in [-0.25, -0.2) is 4.98 Å². The summed E-state index contributed by atoms with van der Waals surface area (Å²) in [7, 11) is 1.30. The first kappa shape index (κ1) is 17.8. The Morgan fingerprint density at radius 3 is 2.54 bits per heavy atom. The number of pyridine rings is 1. The minimum atomic E-state index is -4.91. The van der Waals surface area contributed by atoms with E-state index in [1.807, 2.05) is 0 Å². The molecule has 0 aliphatic heterocycles. The minimum Gasteiger partial charge on any atom is -0.495 e. The third-order valence-corrected chi connectivity index (χ3v) is 4.41. The third-order valence-electron chi connectivity index (χ3n) is 4.41. The maximum atomic E-state index is 13.9. The highest BCUT2D eigenvalue weighted by atomic mass is 19.4. The molecule has 0 atom stereocenters. The lowest BCUT2D eigenvalue weighted by Crippen LogP contribution is -2.29. The van der Waals surface area contributed by atoms with Crippen LogP contribution < -0.4 is 15.9 Å². The molecule has 0 aliphatic carbocycles. The molecule has 28 heavy (non-hydrogen) atoms. The number of ether oxygens (including phenoxy) is 1. The van der Waals surface area contributed by atoms with Gasteiger partial charge in [-0.2, -0.15) is 13.2 Å². The zero-order chi connectivity index (χ0) is 20.1. The van der Waals surface area contributed by atoms with E-state index in [9.17, 15) is 22.8 Å². The number of benzene rings is 2. The highest BCUT2D eigenvalue weighted by Gasteiger charge is 2.37. The van der Waals surface area contributed by atoms with Crippen molar-refractivity contribution in [3.8, 4) is 11.4 Å². The van der Waals surface area contributed by atoms with Crippen LogP contribution in [0.4, 0.5) is 13.2 Å². The van der Waals surface area contributed by atoms with Crippen molar-refractivity contribution in [2.75, 3.05) is 7.11 Å². The van der Waals surface area contributed by atoms with Crippen LogP contribution in [0.15, 0.2) is 58.4 Å². The van der Waals surface area contributed by atoms with Gasteiger partial charge in [0.05, 0.1) is 24.5 Å². The predicted molar refractivity (Wildman–Crippen MR) is 97.0 cm³/mol. The van der Waals surface area contributed by atoms with E-state index < -0.39 is 28.4 Å². The first-order valence-electron chi connectivity index (χ1n) is 8.09. The van der Waals surface area contributed by atoms with Crippen LogP contribution in [0.2, 0.25) is 0 Å². The monoisotopic (exact) mass is 387 g/mol. The summed E-state index contributed by atoms with van der Waals surface area (Å²) in [6.45, 7) is 0. The lowest BCUT2D eigenvalue weighted by atomic mass is 10.1. The summed E-state index contributed by atoms with van der Waals surface area (Å²) >= 11 is 0. The number of alkyl halides is 3. The van der Waals surface area contributed by atoms with Gasteiger partial charge in [0, 0.05) is 5.39 Å². The molecule has 4 aromatic rings. The molecule has 0 bridgehead atoms. The molecule has 0 amide bonds. The first-order chi connectivity index (χ1) is 13.3. The van der Waals surface area contributed by atoms with E-state index >= 15 is 0 Å². The molecular formula is C19H12F3N3O3. The minimum absolute atomic E-state index is 0.0677. The molecular weight excluding hydrogens is 375 g/mol. The summed E-state index contributed by atoms with van der Waals surface area (Å²) in [6, 6.07) is 10.5. The smallest absolute Gasteiger partial charge is 0.431 e. The van der Waals surface area contributed by atoms with Gasteiger partial charge in [-0.15, -0.1) is 0 Å². The number of H-pyrrole nitrogens is 1. The predicted octanol–water partition coefficient (Wildman–Crippen LogP) is 3.25. The van der Waals surface area contributed by atoms with Crippen molar-refractivity contribution in [1.29, 1.82) is 0 Å². The number of methoxy groups -OCH3 is 1. The van der Waals surface area contributed by atoms with Crippen molar-refractivity contribution in [3.05, 3.63) is 75.2 Å². The van der Waals surface area contributed by atoms with Gasteiger partial charge in [0.25, 0.3) is 11.1 Å².